The largest absolute Gasteiger partial charge is 0.465 e. The molecule has 6 nitrogen and oxygen atoms in total. The van der Waals surface area contributed by atoms with Crippen molar-refractivity contribution in [3.05, 3.63) is 29.9 Å². The Kier molecular flexibility index (Phi) is 5.10. The lowest BCUT2D eigenvalue weighted by Crippen LogP contribution is -2.25. The maximum atomic E-state index is 11.6. The zero-order valence-electron chi connectivity index (χ0n) is 11.6. The second kappa shape index (κ2) is 6.63. The van der Waals surface area contributed by atoms with Crippen molar-refractivity contribution < 1.29 is 14.1 Å². The molecule has 20 heavy (non-hydrogen) atoms. The lowest BCUT2D eigenvalue weighted by atomic mass is 10.4. The highest BCUT2D eigenvalue weighted by atomic mass is 32.4. The molecule has 1 unspecified atom stereocenters. The van der Waals surface area contributed by atoms with Crippen molar-refractivity contribution in [2.24, 2.45) is 4.76 Å². The summed E-state index contributed by atoms with van der Waals surface area (Å²) in [4.78, 5) is 11.6. The molecule has 1 saturated heterocycles. The van der Waals surface area contributed by atoms with Gasteiger partial charge in [0.05, 0.1) is 13.2 Å². The highest BCUT2D eigenvalue weighted by Gasteiger charge is 2.29. The minimum atomic E-state index is -2.35. The van der Waals surface area contributed by atoms with Crippen molar-refractivity contribution in [1.29, 1.82) is 0 Å². The number of ether oxygens (including phenoxy) is 1. The van der Waals surface area contributed by atoms with Gasteiger partial charge in [-0.3, -0.25) is 4.79 Å². The van der Waals surface area contributed by atoms with Gasteiger partial charge in [0.15, 0.2) is 0 Å². The van der Waals surface area contributed by atoms with Crippen LogP contribution in [0.25, 0.3) is 0 Å². The van der Waals surface area contributed by atoms with E-state index < -0.39 is 6.57 Å². The molecule has 0 N–H and O–H groups in total. The minimum absolute atomic E-state index is 0.118. The Labute approximate surface area is 123 Å². The van der Waals surface area contributed by atoms with Gasteiger partial charge < -0.3 is 13.8 Å². The molecule has 8 heteroatoms. The number of carbonyl (C=O) groups excluding carboxylic acids is 1. The molecule has 1 aromatic rings. The van der Waals surface area contributed by atoms with E-state index in [0.717, 1.165) is 6.54 Å². The highest BCUT2D eigenvalue weighted by Crippen LogP contribution is 2.54. The van der Waals surface area contributed by atoms with E-state index in [9.17, 15) is 4.79 Å². The van der Waals surface area contributed by atoms with Gasteiger partial charge >= 0.3 is 5.97 Å². The minimum Gasteiger partial charge on any atom is -0.465 e. The van der Waals surface area contributed by atoms with Crippen molar-refractivity contribution in [3.63, 3.8) is 0 Å². The molecule has 1 aliphatic heterocycles. The molecule has 1 aromatic heterocycles. The maximum absolute atomic E-state index is 11.6. The fourth-order valence-corrected chi connectivity index (χ4v) is 4.01. The number of nitrogens with zero attached hydrogens (tertiary/aromatic N) is 3. The molecule has 110 valence electrons. The standard InChI is InChI=1S/C12H18N3O3PS/c1-3-17-12(16)10-15-7-5-4-6-11(15)13-19(20)14(2)8-9-18-19/h4-7H,3,8-10H2,1-2H3/b13-11+. The van der Waals surface area contributed by atoms with Crippen molar-refractivity contribution in [2.75, 3.05) is 26.8 Å². The van der Waals surface area contributed by atoms with Gasteiger partial charge in [0.2, 0.25) is 6.57 Å². The first kappa shape index (κ1) is 15.4. The SMILES string of the molecule is CCOC(=O)Cn1cccc/c1=N\P1(=S)OCCN1C. The Bertz CT molecular complexity index is 602. The van der Waals surface area contributed by atoms with Gasteiger partial charge in [0.25, 0.3) is 0 Å². The first-order chi connectivity index (χ1) is 9.55. The molecule has 1 atom stereocenters. The van der Waals surface area contributed by atoms with Gasteiger partial charge in [-0.25, -0.2) is 4.67 Å². The Hall–Kier alpha value is -1.01. The van der Waals surface area contributed by atoms with Crippen molar-refractivity contribution >= 4 is 24.3 Å². The van der Waals surface area contributed by atoms with Crippen LogP contribution in [0.3, 0.4) is 0 Å². The van der Waals surface area contributed by atoms with Gasteiger partial charge in [-0.1, -0.05) is 6.07 Å². The zero-order chi connectivity index (χ0) is 14.6. The second-order valence-electron chi connectivity index (χ2n) is 4.30. The van der Waals surface area contributed by atoms with Crippen molar-refractivity contribution in [2.45, 2.75) is 13.5 Å². The van der Waals surface area contributed by atoms with E-state index in [0.29, 0.717) is 18.7 Å². The monoisotopic (exact) mass is 315 g/mol. The zero-order valence-corrected chi connectivity index (χ0v) is 13.3. The van der Waals surface area contributed by atoms with Crippen LogP contribution in [0.5, 0.6) is 0 Å². The molecule has 0 amide bonds. The average molecular weight is 315 g/mol. The van der Waals surface area contributed by atoms with Crippen LogP contribution in [-0.4, -0.2) is 42.0 Å². The molecule has 0 bridgehead atoms. The van der Waals surface area contributed by atoms with E-state index >= 15 is 0 Å². The summed E-state index contributed by atoms with van der Waals surface area (Å²) in [5, 5.41) is 0. The van der Waals surface area contributed by atoms with E-state index in [1.807, 2.05) is 29.9 Å². The summed E-state index contributed by atoms with van der Waals surface area (Å²) in [6, 6.07) is 5.52. The van der Waals surface area contributed by atoms with Gasteiger partial charge in [-0.2, -0.15) is 4.76 Å². The van der Waals surface area contributed by atoms with Gasteiger partial charge in [-0.05, 0) is 37.9 Å². The Balaban J connectivity index is 2.32. The van der Waals surface area contributed by atoms with Crippen molar-refractivity contribution in [3.8, 4) is 0 Å². The lowest BCUT2D eigenvalue weighted by molar-refractivity contribution is -0.143. The number of hydrogen-bond acceptors (Lipinski definition) is 4. The molecule has 0 spiro atoms. The summed E-state index contributed by atoms with van der Waals surface area (Å²) in [5.74, 6) is -0.294. The van der Waals surface area contributed by atoms with Crippen LogP contribution in [0.15, 0.2) is 29.2 Å². The highest BCUT2D eigenvalue weighted by molar-refractivity contribution is 8.10. The third-order valence-electron chi connectivity index (χ3n) is 2.86. The van der Waals surface area contributed by atoms with Crippen LogP contribution in [0.1, 0.15) is 6.92 Å². The average Bonchev–Trinajstić information content (AvgIpc) is 2.72. The van der Waals surface area contributed by atoms with Crippen LogP contribution in [0.4, 0.5) is 0 Å². The number of carbonyl (C=O) groups is 1. The first-order valence-corrected chi connectivity index (χ1v) is 9.01. The van der Waals surface area contributed by atoms with Crippen LogP contribution in [0.2, 0.25) is 0 Å². The van der Waals surface area contributed by atoms with Gasteiger partial charge in [-0.15, -0.1) is 0 Å². The predicted molar refractivity (Wildman–Crippen MR) is 79.5 cm³/mol. The molecule has 0 radical (unpaired) electrons. The Morgan fingerprint density at radius 3 is 3.05 bits per heavy atom. The summed E-state index contributed by atoms with van der Waals surface area (Å²) >= 11 is 5.51. The number of likely N-dealkylation sites (N-methyl/N-ethyl adjacent to an activating group) is 1. The third kappa shape index (κ3) is 3.55. The number of rotatable bonds is 4. The summed E-state index contributed by atoms with van der Waals surface area (Å²) in [7, 11) is 1.91. The van der Waals surface area contributed by atoms with E-state index in [-0.39, 0.29) is 12.5 Å². The quantitative estimate of drug-likeness (QED) is 0.616. The molecule has 1 aliphatic rings. The van der Waals surface area contributed by atoms with Gasteiger partial charge in [0.1, 0.15) is 12.0 Å². The fourth-order valence-electron chi connectivity index (χ4n) is 1.79. The maximum Gasteiger partial charge on any atom is 0.325 e. The predicted octanol–water partition coefficient (Wildman–Crippen LogP) is 1.14. The summed E-state index contributed by atoms with van der Waals surface area (Å²) < 4.78 is 18.8. The number of hydrogen-bond donors (Lipinski definition) is 0. The smallest absolute Gasteiger partial charge is 0.325 e. The topological polar surface area (TPSA) is 56.1 Å². The van der Waals surface area contributed by atoms with E-state index in [1.165, 1.54) is 0 Å². The Morgan fingerprint density at radius 1 is 1.60 bits per heavy atom. The fraction of sp³-hybridized carbons (Fsp3) is 0.500. The number of pyridine rings is 1. The Morgan fingerprint density at radius 2 is 2.40 bits per heavy atom. The van der Waals surface area contributed by atoms with Crippen LogP contribution < -0.4 is 5.49 Å². The summed E-state index contributed by atoms with van der Waals surface area (Å²) in [6.45, 7) is 1.30. The number of aromatic nitrogens is 1. The molecule has 0 saturated carbocycles. The first-order valence-electron chi connectivity index (χ1n) is 6.39. The second-order valence-corrected chi connectivity index (χ2v) is 7.85. The molecule has 2 heterocycles. The van der Waals surface area contributed by atoms with E-state index in [2.05, 4.69) is 4.76 Å². The molecule has 1 fully saturated rings. The summed E-state index contributed by atoms with van der Waals surface area (Å²) in [5.41, 5.74) is 0.637. The normalized spacial score (nSPS) is 24.0. The van der Waals surface area contributed by atoms with Crippen LogP contribution >= 0.6 is 6.57 Å². The van der Waals surface area contributed by atoms with E-state index in [1.54, 1.807) is 17.7 Å². The van der Waals surface area contributed by atoms with Crippen LogP contribution in [0, 0.1) is 0 Å². The van der Waals surface area contributed by atoms with E-state index in [4.69, 9.17) is 21.1 Å². The molecular formula is C12H18N3O3PS. The number of esters is 1. The molecule has 0 aliphatic carbocycles. The lowest BCUT2D eigenvalue weighted by Gasteiger charge is -2.17. The van der Waals surface area contributed by atoms with Crippen molar-refractivity contribution in [1.82, 2.24) is 9.24 Å². The third-order valence-corrected chi connectivity index (χ3v) is 6.29. The molecule has 0 aromatic carbocycles. The van der Waals surface area contributed by atoms with Crippen LogP contribution in [-0.2, 0) is 32.4 Å². The van der Waals surface area contributed by atoms with Gasteiger partial charge in [0, 0.05) is 12.7 Å². The molecular weight excluding hydrogens is 297 g/mol. The summed E-state index contributed by atoms with van der Waals surface area (Å²) in [6.07, 6.45) is 1.79. The molecule has 2 rings (SSSR count).